The van der Waals surface area contributed by atoms with Crippen LogP contribution >= 0.6 is 0 Å². The van der Waals surface area contributed by atoms with Gasteiger partial charge in [0.2, 0.25) is 11.8 Å². The molecular weight excluding hydrogens is 314 g/mol. The summed E-state index contributed by atoms with van der Waals surface area (Å²) in [6.45, 7) is 3.40. The number of nitrogens with zero attached hydrogens (tertiary/aromatic N) is 1. The zero-order valence-corrected chi connectivity index (χ0v) is 15.6. The Morgan fingerprint density at radius 3 is 2.40 bits per heavy atom. The molecule has 2 N–H and O–H groups in total. The first-order valence-electron chi connectivity index (χ1n) is 10.5. The lowest BCUT2D eigenvalue weighted by Crippen LogP contribution is -2.48. The zero-order valence-electron chi connectivity index (χ0n) is 15.6. The maximum absolute atomic E-state index is 12.9. The first-order chi connectivity index (χ1) is 12.2. The van der Waals surface area contributed by atoms with Crippen molar-refractivity contribution < 1.29 is 9.59 Å². The minimum Gasteiger partial charge on any atom is -0.354 e. The summed E-state index contributed by atoms with van der Waals surface area (Å²) in [4.78, 5) is 27.2. The largest absolute Gasteiger partial charge is 0.354 e. The maximum Gasteiger partial charge on any atom is 0.237 e. The molecule has 142 valence electrons. The second-order valence-electron chi connectivity index (χ2n) is 8.23. The van der Waals surface area contributed by atoms with Gasteiger partial charge in [0.25, 0.3) is 0 Å². The molecule has 5 nitrogen and oxygen atoms in total. The molecule has 0 bridgehead atoms. The summed E-state index contributed by atoms with van der Waals surface area (Å²) in [5.74, 6) is 1.18. The van der Waals surface area contributed by atoms with E-state index in [0.29, 0.717) is 18.4 Å². The Kier molecular flexibility index (Phi) is 7.14. The summed E-state index contributed by atoms with van der Waals surface area (Å²) in [5, 5.41) is 6.36. The van der Waals surface area contributed by atoms with Crippen molar-refractivity contribution in [3.8, 4) is 0 Å². The van der Waals surface area contributed by atoms with E-state index in [1.165, 1.54) is 32.1 Å². The van der Waals surface area contributed by atoms with E-state index >= 15 is 0 Å². The second kappa shape index (κ2) is 9.56. The molecule has 2 amide bonds. The normalized spacial score (nSPS) is 29.0. The summed E-state index contributed by atoms with van der Waals surface area (Å²) in [7, 11) is 0. The summed E-state index contributed by atoms with van der Waals surface area (Å²) in [6, 6.07) is -0.00347. The number of carbonyl (C=O) groups is 2. The molecule has 0 radical (unpaired) electrons. The smallest absolute Gasteiger partial charge is 0.237 e. The Morgan fingerprint density at radius 1 is 0.920 bits per heavy atom. The monoisotopic (exact) mass is 349 g/mol. The number of piperidine rings is 1. The van der Waals surface area contributed by atoms with E-state index in [-0.39, 0.29) is 17.9 Å². The molecule has 3 aliphatic rings. The topological polar surface area (TPSA) is 61.4 Å². The molecule has 0 aromatic carbocycles. The highest BCUT2D eigenvalue weighted by Crippen LogP contribution is 2.26. The van der Waals surface area contributed by atoms with Gasteiger partial charge in [-0.3, -0.25) is 9.59 Å². The second-order valence-corrected chi connectivity index (χ2v) is 8.23. The highest BCUT2D eigenvalue weighted by atomic mass is 16.2. The van der Waals surface area contributed by atoms with Crippen LogP contribution in [0.4, 0.5) is 0 Å². The van der Waals surface area contributed by atoms with Gasteiger partial charge in [0.05, 0.1) is 6.04 Å². The molecule has 5 heteroatoms. The quantitative estimate of drug-likeness (QED) is 0.819. The molecule has 1 aliphatic carbocycles. The van der Waals surface area contributed by atoms with E-state index in [9.17, 15) is 9.59 Å². The van der Waals surface area contributed by atoms with Gasteiger partial charge in [-0.1, -0.05) is 32.1 Å². The average Bonchev–Trinajstić information content (AvgIpc) is 3.14. The van der Waals surface area contributed by atoms with Crippen LogP contribution in [-0.4, -0.2) is 48.9 Å². The lowest BCUT2D eigenvalue weighted by Gasteiger charge is -2.35. The van der Waals surface area contributed by atoms with Gasteiger partial charge >= 0.3 is 0 Å². The van der Waals surface area contributed by atoms with Gasteiger partial charge in [0.1, 0.15) is 0 Å². The predicted molar refractivity (Wildman–Crippen MR) is 99.1 cm³/mol. The van der Waals surface area contributed by atoms with Crippen molar-refractivity contribution >= 4 is 11.8 Å². The molecule has 2 aliphatic heterocycles. The van der Waals surface area contributed by atoms with Gasteiger partial charge in [-0.15, -0.1) is 0 Å². The SMILES string of the molecule is O=C(NCC1CCCN(C(=O)C2CCCCCCC2)C1)C1CCCN1. The van der Waals surface area contributed by atoms with Crippen molar-refractivity contribution in [2.24, 2.45) is 11.8 Å². The van der Waals surface area contributed by atoms with E-state index < -0.39 is 0 Å². The molecule has 2 unspecified atom stereocenters. The number of hydrogen-bond donors (Lipinski definition) is 2. The number of likely N-dealkylation sites (tertiary alicyclic amines) is 1. The highest BCUT2D eigenvalue weighted by molar-refractivity contribution is 5.82. The van der Waals surface area contributed by atoms with Crippen LogP contribution in [0.3, 0.4) is 0 Å². The van der Waals surface area contributed by atoms with Crippen LogP contribution in [0.2, 0.25) is 0 Å². The number of amides is 2. The van der Waals surface area contributed by atoms with E-state index in [1.807, 2.05) is 0 Å². The van der Waals surface area contributed by atoms with Crippen LogP contribution in [-0.2, 0) is 9.59 Å². The molecule has 2 saturated heterocycles. The Hall–Kier alpha value is -1.10. The average molecular weight is 350 g/mol. The standard InChI is InChI=1S/C20H35N3O2/c24-19(18-11-6-12-21-18)22-14-16-8-7-13-23(15-16)20(25)17-9-4-2-1-3-5-10-17/h16-18,21H,1-15H2,(H,22,24). The van der Waals surface area contributed by atoms with Gasteiger partial charge in [0.15, 0.2) is 0 Å². The van der Waals surface area contributed by atoms with Crippen molar-refractivity contribution in [3.05, 3.63) is 0 Å². The molecule has 2 heterocycles. The molecule has 0 aromatic heterocycles. The Bertz CT molecular complexity index is 440. The van der Waals surface area contributed by atoms with Crippen molar-refractivity contribution in [1.29, 1.82) is 0 Å². The van der Waals surface area contributed by atoms with Crippen molar-refractivity contribution in [3.63, 3.8) is 0 Å². The van der Waals surface area contributed by atoms with Crippen molar-refractivity contribution in [1.82, 2.24) is 15.5 Å². The minimum atomic E-state index is -0.00347. The summed E-state index contributed by atoms with van der Waals surface area (Å²) in [5.41, 5.74) is 0. The van der Waals surface area contributed by atoms with Crippen LogP contribution in [0.25, 0.3) is 0 Å². The Labute approximate surface area is 152 Å². The predicted octanol–water partition coefficient (Wildman–Crippen LogP) is 2.45. The molecule has 0 aromatic rings. The molecule has 0 spiro atoms. The lowest BCUT2D eigenvalue weighted by atomic mass is 9.89. The van der Waals surface area contributed by atoms with Gasteiger partial charge in [-0.05, 0) is 51.0 Å². The fraction of sp³-hybridized carbons (Fsp3) is 0.900. The molecule has 3 rings (SSSR count). The van der Waals surface area contributed by atoms with Crippen molar-refractivity contribution in [2.75, 3.05) is 26.2 Å². The number of hydrogen-bond acceptors (Lipinski definition) is 3. The molecular formula is C20H35N3O2. The van der Waals surface area contributed by atoms with Crippen LogP contribution in [0.5, 0.6) is 0 Å². The van der Waals surface area contributed by atoms with E-state index in [0.717, 1.165) is 58.2 Å². The Morgan fingerprint density at radius 2 is 1.68 bits per heavy atom. The van der Waals surface area contributed by atoms with Crippen LogP contribution in [0, 0.1) is 11.8 Å². The number of rotatable bonds is 4. The van der Waals surface area contributed by atoms with E-state index in [1.54, 1.807) is 0 Å². The molecule has 25 heavy (non-hydrogen) atoms. The highest BCUT2D eigenvalue weighted by Gasteiger charge is 2.29. The van der Waals surface area contributed by atoms with Crippen molar-refractivity contribution in [2.45, 2.75) is 76.7 Å². The number of carbonyl (C=O) groups excluding carboxylic acids is 2. The fourth-order valence-corrected chi connectivity index (χ4v) is 4.67. The zero-order chi connectivity index (χ0) is 17.5. The minimum absolute atomic E-state index is 0.00347. The van der Waals surface area contributed by atoms with Gasteiger partial charge in [-0.2, -0.15) is 0 Å². The Balaban J connectivity index is 1.44. The third-order valence-electron chi connectivity index (χ3n) is 6.23. The summed E-state index contributed by atoms with van der Waals surface area (Å²) >= 11 is 0. The first-order valence-corrected chi connectivity index (χ1v) is 10.5. The van der Waals surface area contributed by atoms with Gasteiger partial charge in [-0.25, -0.2) is 0 Å². The van der Waals surface area contributed by atoms with Crippen LogP contribution in [0.1, 0.15) is 70.6 Å². The van der Waals surface area contributed by atoms with E-state index in [2.05, 4.69) is 15.5 Å². The molecule has 2 atom stereocenters. The first kappa shape index (κ1) is 18.7. The summed E-state index contributed by atoms with van der Waals surface area (Å²) in [6.07, 6.45) is 12.7. The van der Waals surface area contributed by atoms with Gasteiger partial charge < -0.3 is 15.5 Å². The third kappa shape index (κ3) is 5.44. The fourth-order valence-electron chi connectivity index (χ4n) is 4.67. The maximum atomic E-state index is 12.9. The van der Waals surface area contributed by atoms with Crippen LogP contribution < -0.4 is 10.6 Å². The summed E-state index contributed by atoms with van der Waals surface area (Å²) < 4.78 is 0. The third-order valence-corrected chi connectivity index (χ3v) is 6.23. The van der Waals surface area contributed by atoms with Crippen LogP contribution in [0.15, 0.2) is 0 Å². The van der Waals surface area contributed by atoms with Gasteiger partial charge in [0, 0.05) is 25.6 Å². The molecule has 1 saturated carbocycles. The molecule has 3 fully saturated rings. The number of nitrogens with one attached hydrogen (secondary N) is 2. The lowest BCUT2D eigenvalue weighted by molar-refractivity contribution is -0.138. The van der Waals surface area contributed by atoms with E-state index in [4.69, 9.17) is 0 Å².